The molecule has 2 aromatic rings. The molecule has 1 N–H and O–H groups in total. The normalized spacial score (nSPS) is 11.3. The lowest BCUT2D eigenvalue weighted by molar-refractivity contribution is -0.123. The number of ether oxygens (including phenoxy) is 1. The summed E-state index contributed by atoms with van der Waals surface area (Å²) in [4.78, 5) is 15.7. The molecular weight excluding hydrogens is 342 g/mol. The Morgan fingerprint density at radius 2 is 1.84 bits per heavy atom. The lowest BCUT2D eigenvalue weighted by atomic mass is 10.3. The van der Waals surface area contributed by atoms with Crippen LogP contribution in [0.3, 0.4) is 0 Å². The van der Waals surface area contributed by atoms with Crippen molar-refractivity contribution in [2.75, 3.05) is 26.0 Å². The van der Waals surface area contributed by atoms with Crippen LogP contribution >= 0.6 is 0 Å². The van der Waals surface area contributed by atoms with Gasteiger partial charge in [0.15, 0.2) is 6.61 Å². The summed E-state index contributed by atoms with van der Waals surface area (Å²) in [5, 5.41) is 2.66. The number of nitrogens with zero attached hydrogens (tertiary/aromatic N) is 2. The molecule has 0 bridgehead atoms. The summed E-state index contributed by atoms with van der Waals surface area (Å²) in [7, 11) is -3.39. The summed E-state index contributed by atoms with van der Waals surface area (Å²) in [6, 6.07) is 12.5. The molecule has 1 aromatic heterocycles. The highest BCUT2D eigenvalue weighted by Gasteiger charge is 2.17. The molecule has 134 valence electrons. The van der Waals surface area contributed by atoms with Crippen LogP contribution in [-0.4, -0.2) is 49.6 Å². The van der Waals surface area contributed by atoms with E-state index >= 15 is 0 Å². The molecule has 8 heteroatoms. The summed E-state index contributed by atoms with van der Waals surface area (Å²) in [5.74, 6) is 0.300. The van der Waals surface area contributed by atoms with E-state index in [1.807, 2.05) is 18.2 Å². The molecule has 25 heavy (non-hydrogen) atoms. The molecule has 7 nitrogen and oxygen atoms in total. The molecule has 0 saturated carbocycles. The highest BCUT2D eigenvalue weighted by molar-refractivity contribution is 7.88. The Labute approximate surface area is 147 Å². The van der Waals surface area contributed by atoms with Gasteiger partial charge in [0, 0.05) is 32.0 Å². The van der Waals surface area contributed by atoms with Crippen LogP contribution in [0.2, 0.25) is 0 Å². The first kappa shape index (κ1) is 18.9. The van der Waals surface area contributed by atoms with E-state index in [4.69, 9.17) is 4.74 Å². The van der Waals surface area contributed by atoms with E-state index in [1.54, 1.807) is 36.7 Å². The topological polar surface area (TPSA) is 88.6 Å². The molecule has 0 saturated heterocycles. The van der Waals surface area contributed by atoms with E-state index in [0.29, 0.717) is 5.75 Å². The third-order valence-corrected chi connectivity index (χ3v) is 4.62. The van der Waals surface area contributed by atoms with E-state index in [9.17, 15) is 13.2 Å². The number of hydrogen-bond acceptors (Lipinski definition) is 5. The van der Waals surface area contributed by atoms with E-state index in [0.717, 1.165) is 11.8 Å². The average Bonchev–Trinajstić information content (AvgIpc) is 2.60. The van der Waals surface area contributed by atoms with Crippen LogP contribution in [0.1, 0.15) is 5.56 Å². The Kier molecular flexibility index (Phi) is 6.91. The van der Waals surface area contributed by atoms with Crippen LogP contribution < -0.4 is 10.1 Å². The van der Waals surface area contributed by atoms with Crippen molar-refractivity contribution in [1.29, 1.82) is 0 Å². The standard InChI is InChI=1S/C17H21N3O4S/c1-25(22,23)20(13-15-7-9-18-10-8-15)12-11-19-17(21)14-24-16-5-3-2-4-6-16/h2-10H,11-14H2,1H3,(H,19,21). The summed E-state index contributed by atoms with van der Waals surface area (Å²) < 4.78 is 30.4. The fraction of sp³-hybridized carbons (Fsp3) is 0.294. The summed E-state index contributed by atoms with van der Waals surface area (Å²) in [6.07, 6.45) is 4.37. The number of carbonyl (C=O) groups is 1. The third-order valence-electron chi connectivity index (χ3n) is 3.37. The molecule has 0 atom stereocenters. The summed E-state index contributed by atoms with van der Waals surface area (Å²) in [5.41, 5.74) is 0.833. The Morgan fingerprint density at radius 1 is 1.16 bits per heavy atom. The number of benzene rings is 1. The van der Waals surface area contributed by atoms with Gasteiger partial charge in [-0.1, -0.05) is 18.2 Å². The molecule has 0 radical (unpaired) electrons. The van der Waals surface area contributed by atoms with Crippen molar-refractivity contribution >= 4 is 15.9 Å². The molecule has 0 aliphatic rings. The van der Waals surface area contributed by atoms with Crippen LogP contribution in [0.5, 0.6) is 5.75 Å². The minimum atomic E-state index is -3.39. The maximum atomic E-state index is 11.9. The number of para-hydroxylation sites is 1. The maximum absolute atomic E-state index is 11.9. The molecule has 0 aliphatic heterocycles. The van der Waals surface area contributed by atoms with E-state index in [1.165, 1.54) is 4.31 Å². The van der Waals surface area contributed by atoms with Gasteiger partial charge < -0.3 is 10.1 Å². The van der Waals surface area contributed by atoms with Gasteiger partial charge in [-0.3, -0.25) is 9.78 Å². The van der Waals surface area contributed by atoms with Gasteiger partial charge in [-0.25, -0.2) is 8.42 Å². The van der Waals surface area contributed by atoms with Crippen LogP contribution in [0.15, 0.2) is 54.9 Å². The first-order valence-corrected chi connectivity index (χ1v) is 9.58. The summed E-state index contributed by atoms with van der Waals surface area (Å²) >= 11 is 0. The van der Waals surface area contributed by atoms with Crippen molar-refractivity contribution < 1.29 is 17.9 Å². The van der Waals surface area contributed by atoms with E-state index in [2.05, 4.69) is 10.3 Å². The van der Waals surface area contributed by atoms with Gasteiger partial charge in [0.25, 0.3) is 5.91 Å². The average molecular weight is 363 g/mol. The fourth-order valence-electron chi connectivity index (χ4n) is 2.09. The molecule has 0 fully saturated rings. The van der Waals surface area contributed by atoms with Gasteiger partial charge in [0.1, 0.15) is 5.75 Å². The number of hydrogen-bond donors (Lipinski definition) is 1. The lowest BCUT2D eigenvalue weighted by Crippen LogP contribution is -2.39. The van der Waals surface area contributed by atoms with Gasteiger partial charge in [-0.2, -0.15) is 4.31 Å². The van der Waals surface area contributed by atoms with E-state index < -0.39 is 10.0 Å². The van der Waals surface area contributed by atoms with Crippen molar-refractivity contribution in [2.24, 2.45) is 0 Å². The first-order chi connectivity index (χ1) is 11.9. The number of nitrogens with one attached hydrogen (secondary N) is 1. The predicted molar refractivity (Wildman–Crippen MR) is 94.4 cm³/mol. The number of carbonyl (C=O) groups excluding carboxylic acids is 1. The lowest BCUT2D eigenvalue weighted by Gasteiger charge is -2.20. The van der Waals surface area contributed by atoms with Gasteiger partial charge in [-0.05, 0) is 29.8 Å². The second kappa shape index (κ2) is 9.14. The van der Waals surface area contributed by atoms with Gasteiger partial charge in [0.2, 0.25) is 10.0 Å². The second-order valence-electron chi connectivity index (χ2n) is 5.40. The zero-order chi connectivity index (χ0) is 18.1. The van der Waals surface area contributed by atoms with Crippen molar-refractivity contribution in [3.05, 3.63) is 60.4 Å². The fourth-order valence-corrected chi connectivity index (χ4v) is 2.90. The second-order valence-corrected chi connectivity index (χ2v) is 7.39. The molecule has 0 spiro atoms. The third kappa shape index (κ3) is 6.90. The number of sulfonamides is 1. The molecule has 2 rings (SSSR count). The minimum Gasteiger partial charge on any atom is -0.484 e. The zero-order valence-electron chi connectivity index (χ0n) is 14.0. The Bertz CT molecular complexity index is 767. The Morgan fingerprint density at radius 3 is 2.48 bits per heavy atom. The highest BCUT2D eigenvalue weighted by atomic mass is 32.2. The van der Waals surface area contributed by atoms with Crippen molar-refractivity contribution in [3.63, 3.8) is 0 Å². The van der Waals surface area contributed by atoms with Crippen LogP contribution in [0, 0.1) is 0 Å². The van der Waals surface area contributed by atoms with Crippen molar-refractivity contribution in [2.45, 2.75) is 6.54 Å². The molecular formula is C17H21N3O4S. The summed E-state index contributed by atoms with van der Waals surface area (Å²) in [6.45, 7) is 0.498. The quantitative estimate of drug-likeness (QED) is 0.719. The largest absolute Gasteiger partial charge is 0.484 e. The Hall–Kier alpha value is -2.45. The van der Waals surface area contributed by atoms with Gasteiger partial charge >= 0.3 is 0 Å². The van der Waals surface area contributed by atoms with Gasteiger partial charge in [0.05, 0.1) is 6.26 Å². The molecule has 1 aromatic carbocycles. The highest BCUT2D eigenvalue weighted by Crippen LogP contribution is 2.08. The smallest absolute Gasteiger partial charge is 0.257 e. The van der Waals surface area contributed by atoms with Gasteiger partial charge in [-0.15, -0.1) is 0 Å². The zero-order valence-corrected chi connectivity index (χ0v) is 14.8. The molecule has 1 heterocycles. The molecule has 0 aliphatic carbocycles. The Balaban J connectivity index is 1.79. The SMILES string of the molecule is CS(=O)(=O)N(CCNC(=O)COc1ccccc1)Cc1ccncc1. The van der Waals surface area contributed by atoms with Crippen LogP contribution in [0.4, 0.5) is 0 Å². The number of amides is 1. The van der Waals surface area contributed by atoms with Crippen molar-refractivity contribution in [1.82, 2.24) is 14.6 Å². The number of pyridine rings is 1. The number of rotatable bonds is 9. The van der Waals surface area contributed by atoms with E-state index in [-0.39, 0.29) is 32.1 Å². The van der Waals surface area contributed by atoms with Crippen LogP contribution in [0.25, 0.3) is 0 Å². The first-order valence-electron chi connectivity index (χ1n) is 7.74. The number of aromatic nitrogens is 1. The van der Waals surface area contributed by atoms with Crippen LogP contribution in [-0.2, 0) is 21.4 Å². The maximum Gasteiger partial charge on any atom is 0.257 e. The minimum absolute atomic E-state index is 0.118. The predicted octanol–water partition coefficient (Wildman–Crippen LogP) is 1.04. The molecule has 1 amide bonds. The van der Waals surface area contributed by atoms with Crippen molar-refractivity contribution in [3.8, 4) is 5.75 Å². The molecule has 0 unspecified atom stereocenters. The monoisotopic (exact) mass is 363 g/mol.